The lowest BCUT2D eigenvalue weighted by molar-refractivity contribution is 0.669. The Kier molecular flexibility index (Phi) is 5.05. The number of nitrogens with zero attached hydrogens (tertiary/aromatic N) is 4. The van der Waals surface area contributed by atoms with E-state index in [1.165, 1.54) is 43.1 Å². The van der Waals surface area contributed by atoms with Crippen LogP contribution in [0.3, 0.4) is 0 Å². The van der Waals surface area contributed by atoms with Crippen LogP contribution >= 0.6 is 0 Å². The molecule has 8 aromatic carbocycles. The molecule has 0 spiro atoms. The van der Waals surface area contributed by atoms with Gasteiger partial charge in [0.05, 0.1) is 16.6 Å². The summed E-state index contributed by atoms with van der Waals surface area (Å²) < 4.78 is 8.67. The molecule has 5 nitrogen and oxygen atoms in total. The van der Waals surface area contributed by atoms with E-state index in [1.807, 2.05) is 60.7 Å². The molecule has 11 aromatic rings. The van der Waals surface area contributed by atoms with E-state index in [1.54, 1.807) is 0 Å². The van der Waals surface area contributed by atoms with Crippen LogP contribution in [0.25, 0.3) is 105 Å². The van der Waals surface area contributed by atoms with E-state index < -0.39 is 0 Å². The van der Waals surface area contributed by atoms with Crippen molar-refractivity contribution in [1.82, 2.24) is 19.5 Å². The number of hydrogen-bond acceptors (Lipinski definition) is 4. The highest BCUT2D eigenvalue weighted by molar-refractivity contribution is 6.37. The summed E-state index contributed by atoms with van der Waals surface area (Å²) in [7, 11) is 0. The number of benzene rings is 8. The van der Waals surface area contributed by atoms with E-state index in [0.29, 0.717) is 17.6 Å². The molecule has 0 bridgehead atoms. The number of furan rings is 1. The second kappa shape index (κ2) is 9.47. The molecule has 0 amide bonds. The smallest absolute Gasteiger partial charge is 0.238 e. The van der Waals surface area contributed by atoms with Crippen molar-refractivity contribution in [2.75, 3.05) is 0 Å². The Balaban J connectivity index is 1.27. The zero-order valence-corrected chi connectivity index (χ0v) is 25.6. The van der Waals surface area contributed by atoms with Gasteiger partial charge in [-0.3, -0.25) is 4.57 Å². The minimum absolute atomic E-state index is 0.565. The fraction of sp³-hybridized carbons (Fsp3) is 0. The molecular formula is C43H24N4O. The Bertz CT molecular complexity index is 3060. The lowest BCUT2D eigenvalue weighted by atomic mass is 9.91. The van der Waals surface area contributed by atoms with Gasteiger partial charge in [0.2, 0.25) is 5.95 Å². The summed E-state index contributed by atoms with van der Waals surface area (Å²) in [6.07, 6.45) is 0. The molecule has 0 saturated carbocycles. The van der Waals surface area contributed by atoms with Gasteiger partial charge in [0, 0.05) is 27.1 Å². The van der Waals surface area contributed by atoms with Gasteiger partial charge in [-0.15, -0.1) is 0 Å². The molecular weight excluding hydrogens is 589 g/mol. The molecule has 48 heavy (non-hydrogen) atoms. The highest BCUT2D eigenvalue weighted by Crippen LogP contribution is 2.45. The molecule has 3 aromatic heterocycles. The zero-order chi connectivity index (χ0) is 31.3. The van der Waals surface area contributed by atoms with Crippen molar-refractivity contribution < 1.29 is 4.42 Å². The van der Waals surface area contributed by atoms with Gasteiger partial charge in [-0.25, -0.2) is 4.98 Å². The Hall–Kier alpha value is -6.59. The molecule has 222 valence electrons. The molecule has 0 atom stereocenters. The Morgan fingerprint density at radius 3 is 1.94 bits per heavy atom. The Labute approximate surface area is 273 Å². The summed E-state index contributed by atoms with van der Waals surface area (Å²) in [5.74, 6) is 1.74. The maximum atomic E-state index is 6.46. The van der Waals surface area contributed by atoms with Crippen LogP contribution in [-0.2, 0) is 0 Å². The number of fused-ring (bicyclic) bond motifs is 8. The lowest BCUT2D eigenvalue weighted by Crippen LogP contribution is -2.06. The number of hydrogen-bond donors (Lipinski definition) is 0. The number of rotatable bonds is 3. The molecule has 0 fully saturated rings. The lowest BCUT2D eigenvalue weighted by Gasteiger charge is -2.11. The predicted octanol–water partition coefficient (Wildman–Crippen LogP) is 11.1. The van der Waals surface area contributed by atoms with Gasteiger partial charge in [0.15, 0.2) is 11.6 Å². The quantitative estimate of drug-likeness (QED) is 0.186. The van der Waals surface area contributed by atoms with E-state index in [9.17, 15) is 0 Å². The summed E-state index contributed by atoms with van der Waals surface area (Å²) in [6, 6.07) is 50.8. The average molecular weight is 613 g/mol. The topological polar surface area (TPSA) is 56.7 Å². The molecule has 0 unspecified atom stereocenters. The third-order valence-electron chi connectivity index (χ3n) is 9.81. The number of para-hydroxylation sites is 2. The number of aromatic nitrogens is 4. The van der Waals surface area contributed by atoms with Crippen molar-refractivity contribution in [2.45, 2.75) is 0 Å². The first-order valence-corrected chi connectivity index (χ1v) is 16.1. The molecule has 0 aliphatic heterocycles. The van der Waals surface area contributed by atoms with Crippen LogP contribution in [0.1, 0.15) is 0 Å². The summed E-state index contributed by atoms with van der Waals surface area (Å²) in [5.41, 5.74) is 5.48. The normalized spacial score (nSPS) is 12.2. The van der Waals surface area contributed by atoms with Crippen molar-refractivity contribution in [3.63, 3.8) is 0 Å². The van der Waals surface area contributed by atoms with Gasteiger partial charge in [0.1, 0.15) is 11.2 Å². The monoisotopic (exact) mass is 612 g/mol. The van der Waals surface area contributed by atoms with Crippen LogP contribution in [0.4, 0.5) is 0 Å². The Morgan fingerprint density at radius 2 is 1.06 bits per heavy atom. The molecule has 0 N–H and O–H groups in total. The first-order chi connectivity index (χ1) is 23.8. The van der Waals surface area contributed by atoms with E-state index in [0.717, 1.165) is 44.1 Å². The molecule has 0 radical (unpaired) electrons. The van der Waals surface area contributed by atoms with Gasteiger partial charge in [0.25, 0.3) is 0 Å². The van der Waals surface area contributed by atoms with Crippen molar-refractivity contribution >= 4 is 76.1 Å². The second-order valence-electron chi connectivity index (χ2n) is 12.4. The van der Waals surface area contributed by atoms with E-state index in [4.69, 9.17) is 19.4 Å². The van der Waals surface area contributed by atoms with Crippen LogP contribution < -0.4 is 0 Å². The summed E-state index contributed by atoms with van der Waals surface area (Å²) in [6.45, 7) is 0. The summed E-state index contributed by atoms with van der Waals surface area (Å²) >= 11 is 0. The molecule has 0 saturated heterocycles. The standard InChI is InChI=1S/C43H24N4O/c1-2-12-26(13-3-1)41-44-42(33-19-8-17-31-28-15-6-7-22-36(28)48-40(31)33)46-43(45-41)47-34-20-9-16-29-30-24-23-25-11-4-5-14-27(25)37(30)32-18-10-21-35(47)39(32)38(29)34/h1-24H. The minimum Gasteiger partial charge on any atom is -0.455 e. The minimum atomic E-state index is 0.565. The van der Waals surface area contributed by atoms with E-state index >= 15 is 0 Å². The third kappa shape index (κ3) is 3.42. The fourth-order valence-corrected chi connectivity index (χ4v) is 7.77. The fourth-order valence-electron chi connectivity index (χ4n) is 7.77. The van der Waals surface area contributed by atoms with Crippen molar-refractivity contribution in [2.24, 2.45) is 0 Å². The molecule has 0 aliphatic carbocycles. The molecule has 5 heteroatoms. The van der Waals surface area contributed by atoms with E-state index in [2.05, 4.69) is 89.5 Å². The van der Waals surface area contributed by atoms with Crippen LogP contribution in [0.5, 0.6) is 0 Å². The highest BCUT2D eigenvalue weighted by atomic mass is 16.3. The summed E-state index contributed by atoms with van der Waals surface area (Å²) in [4.78, 5) is 15.5. The van der Waals surface area contributed by atoms with E-state index in [-0.39, 0.29) is 0 Å². The molecule has 3 heterocycles. The van der Waals surface area contributed by atoms with Crippen LogP contribution in [0.15, 0.2) is 150 Å². The maximum Gasteiger partial charge on any atom is 0.238 e. The van der Waals surface area contributed by atoms with Crippen molar-refractivity contribution in [3.05, 3.63) is 146 Å². The zero-order valence-electron chi connectivity index (χ0n) is 25.6. The van der Waals surface area contributed by atoms with Gasteiger partial charge in [-0.2, -0.15) is 9.97 Å². The van der Waals surface area contributed by atoms with Crippen molar-refractivity contribution in [3.8, 4) is 28.7 Å². The maximum absolute atomic E-state index is 6.46. The molecule has 0 aliphatic rings. The third-order valence-corrected chi connectivity index (χ3v) is 9.81. The SMILES string of the molecule is c1ccc(-c2nc(-c3cccc4c3oc3ccccc34)nc(-n3c4cccc5c6ccc7ccccc7c6c6cccc3c6c54)n2)cc1. The van der Waals surface area contributed by atoms with Gasteiger partial charge in [-0.05, 0) is 56.6 Å². The average Bonchev–Trinajstić information content (AvgIpc) is 3.71. The largest absolute Gasteiger partial charge is 0.455 e. The van der Waals surface area contributed by atoms with Crippen LogP contribution in [0, 0.1) is 0 Å². The highest BCUT2D eigenvalue weighted by Gasteiger charge is 2.23. The van der Waals surface area contributed by atoms with Gasteiger partial charge in [-0.1, -0.05) is 121 Å². The first kappa shape index (κ1) is 25.6. The van der Waals surface area contributed by atoms with Crippen LogP contribution in [0.2, 0.25) is 0 Å². The molecule has 11 rings (SSSR count). The Morgan fingerprint density at radius 1 is 0.417 bits per heavy atom. The first-order valence-electron chi connectivity index (χ1n) is 16.1. The van der Waals surface area contributed by atoms with Crippen molar-refractivity contribution in [1.29, 1.82) is 0 Å². The van der Waals surface area contributed by atoms with Crippen LogP contribution in [-0.4, -0.2) is 19.5 Å². The summed E-state index contributed by atoms with van der Waals surface area (Å²) in [5, 5.41) is 12.0. The van der Waals surface area contributed by atoms with Gasteiger partial charge >= 0.3 is 0 Å². The predicted molar refractivity (Wildman–Crippen MR) is 196 cm³/mol. The second-order valence-corrected chi connectivity index (χ2v) is 12.4. The van der Waals surface area contributed by atoms with Gasteiger partial charge < -0.3 is 4.42 Å².